The molecule has 2 amide bonds. The standard InChI is InChI=1S/C29H33FN2O3/c1-29(2,3)31-28(34)26(18-21-8-6-5-7-9-21)32(20-23-10-14-24(30)15-11-23)27(33)19-22-12-16-25(35-4)17-13-22/h5-17,26H,18-20H2,1-4H3,(H,31,34)/t26-/m0/s1. The van der Waals surface area contributed by atoms with Crippen molar-refractivity contribution in [3.63, 3.8) is 0 Å². The molecule has 0 heterocycles. The molecule has 35 heavy (non-hydrogen) atoms. The monoisotopic (exact) mass is 476 g/mol. The van der Waals surface area contributed by atoms with Crippen LogP contribution in [-0.2, 0) is 29.0 Å². The first-order chi connectivity index (χ1) is 16.6. The molecule has 0 fully saturated rings. The third-order valence-electron chi connectivity index (χ3n) is 5.55. The summed E-state index contributed by atoms with van der Waals surface area (Å²) in [6.07, 6.45) is 0.484. The molecule has 184 valence electrons. The van der Waals surface area contributed by atoms with E-state index in [1.807, 2.05) is 63.2 Å². The second-order valence-electron chi connectivity index (χ2n) is 9.62. The van der Waals surface area contributed by atoms with E-state index >= 15 is 0 Å². The fourth-order valence-electron chi connectivity index (χ4n) is 3.81. The third-order valence-corrected chi connectivity index (χ3v) is 5.55. The highest BCUT2D eigenvalue weighted by Crippen LogP contribution is 2.19. The van der Waals surface area contributed by atoms with Gasteiger partial charge in [0.05, 0.1) is 13.5 Å². The molecule has 3 aromatic carbocycles. The average molecular weight is 477 g/mol. The highest BCUT2D eigenvalue weighted by atomic mass is 19.1. The first-order valence-corrected chi connectivity index (χ1v) is 11.7. The summed E-state index contributed by atoms with van der Waals surface area (Å²) in [6.45, 7) is 5.92. The number of amides is 2. The van der Waals surface area contributed by atoms with Gasteiger partial charge in [-0.15, -0.1) is 0 Å². The Hall–Kier alpha value is -3.67. The van der Waals surface area contributed by atoms with Gasteiger partial charge in [-0.1, -0.05) is 54.6 Å². The van der Waals surface area contributed by atoms with Gasteiger partial charge in [-0.2, -0.15) is 0 Å². The van der Waals surface area contributed by atoms with Crippen LogP contribution in [0, 0.1) is 5.82 Å². The fraction of sp³-hybridized carbons (Fsp3) is 0.310. The number of ether oxygens (including phenoxy) is 1. The fourth-order valence-corrected chi connectivity index (χ4v) is 3.81. The Balaban J connectivity index is 1.96. The summed E-state index contributed by atoms with van der Waals surface area (Å²) >= 11 is 0. The maximum absolute atomic E-state index is 13.7. The van der Waals surface area contributed by atoms with Gasteiger partial charge in [-0.25, -0.2) is 4.39 Å². The Morgan fingerprint density at radius 1 is 0.886 bits per heavy atom. The molecule has 0 saturated carbocycles. The summed E-state index contributed by atoms with van der Waals surface area (Å²) in [5.74, 6) is -0.0666. The van der Waals surface area contributed by atoms with Gasteiger partial charge in [0.25, 0.3) is 0 Å². The van der Waals surface area contributed by atoms with E-state index in [-0.39, 0.29) is 30.6 Å². The van der Waals surface area contributed by atoms with E-state index in [2.05, 4.69) is 5.32 Å². The van der Waals surface area contributed by atoms with Gasteiger partial charge < -0.3 is 15.0 Å². The minimum Gasteiger partial charge on any atom is -0.497 e. The summed E-state index contributed by atoms with van der Waals surface area (Å²) < 4.78 is 18.8. The van der Waals surface area contributed by atoms with Crippen LogP contribution < -0.4 is 10.1 Å². The smallest absolute Gasteiger partial charge is 0.243 e. The number of carbonyl (C=O) groups is 2. The predicted octanol–water partition coefficient (Wildman–Crippen LogP) is 4.93. The topological polar surface area (TPSA) is 58.6 Å². The molecule has 0 aliphatic rings. The zero-order valence-electron chi connectivity index (χ0n) is 20.8. The van der Waals surface area contributed by atoms with Crippen molar-refractivity contribution in [1.29, 1.82) is 0 Å². The van der Waals surface area contributed by atoms with Crippen LogP contribution in [0.15, 0.2) is 78.9 Å². The van der Waals surface area contributed by atoms with Crippen LogP contribution in [0.5, 0.6) is 5.75 Å². The largest absolute Gasteiger partial charge is 0.497 e. The Morgan fingerprint density at radius 2 is 1.49 bits per heavy atom. The SMILES string of the molecule is COc1ccc(CC(=O)N(Cc2ccc(F)cc2)[C@@H](Cc2ccccc2)C(=O)NC(C)(C)C)cc1. The molecule has 0 aromatic heterocycles. The lowest BCUT2D eigenvalue weighted by atomic mass is 10.00. The molecular formula is C29H33FN2O3. The Kier molecular flexibility index (Phi) is 8.63. The third kappa shape index (κ3) is 7.95. The lowest BCUT2D eigenvalue weighted by Gasteiger charge is -2.34. The van der Waals surface area contributed by atoms with Crippen molar-refractivity contribution < 1.29 is 18.7 Å². The summed E-state index contributed by atoms with van der Waals surface area (Å²) in [5.41, 5.74) is 2.04. The number of carbonyl (C=O) groups excluding carboxylic acids is 2. The number of methoxy groups -OCH3 is 1. The van der Waals surface area contributed by atoms with Crippen molar-refractivity contribution in [2.75, 3.05) is 7.11 Å². The average Bonchev–Trinajstić information content (AvgIpc) is 2.82. The molecule has 0 aliphatic carbocycles. The maximum Gasteiger partial charge on any atom is 0.243 e. The molecular weight excluding hydrogens is 443 g/mol. The minimum atomic E-state index is -0.743. The number of benzene rings is 3. The number of halogens is 1. The van der Waals surface area contributed by atoms with E-state index in [9.17, 15) is 14.0 Å². The lowest BCUT2D eigenvalue weighted by Crippen LogP contribution is -2.54. The highest BCUT2D eigenvalue weighted by molar-refractivity contribution is 5.89. The highest BCUT2D eigenvalue weighted by Gasteiger charge is 2.32. The molecule has 0 saturated heterocycles. The Labute approximate surface area is 206 Å². The molecule has 5 nitrogen and oxygen atoms in total. The maximum atomic E-state index is 13.7. The first kappa shape index (κ1) is 25.9. The van der Waals surface area contributed by atoms with Crippen molar-refractivity contribution in [2.24, 2.45) is 0 Å². The van der Waals surface area contributed by atoms with E-state index < -0.39 is 11.6 Å². The minimum absolute atomic E-state index is 0.124. The molecule has 1 atom stereocenters. The summed E-state index contributed by atoms with van der Waals surface area (Å²) in [6, 6.07) is 22.2. The quantitative estimate of drug-likeness (QED) is 0.476. The van der Waals surface area contributed by atoms with Crippen LogP contribution in [-0.4, -0.2) is 35.4 Å². The molecule has 3 rings (SSSR count). The van der Waals surface area contributed by atoms with E-state index in [1.54, 1.807) is 36.3 Å². The summed E-state index contributed by atoms with van der Waals surface area (Å²) in [7, 11) is 1.59. The van der Waals surface area contributed by atoms with Crippen molar-refractivity contribution in [1.82, 2.24) is 10.2 Å². The molecule has 0 spiro atoms. The van der Waals surface area contributed by atoms with Crippen LogP contribution in [0.2, 0.25) is 0 Å². The Bertz CT molecular complexity index is 1110. The van der Waals surface area contributed by atoms with E-state index in [4.69, 9.17) is 4.74 Å². The van der Waals surface area contributed by atoms with E-state index in [1.165, 1.54) is 12.1 Å². The van der Waals surface area contributed by atoms with Gasteiger partial charge in [0.15, 0.2) is 0 Å². The number of rotatable bonds is 9. The Morgan fingerprint density at radius 3 is 2.06 bits per heavy atom. The normalized spacial score (nSPS) is 12.0. The number of nitrogens with zero attached hydrogens (tertiary/aromatic N) is 1. The zero-order valence-corrected chi connectivity index (χ0v) is 20.8. The van der Waals surface area contributed by atoms with Gasteiger partial charge in [0.2, 0.25) is 11.8 Å². The van der Waals surface area contributed by atoms with Crippen LogP contribution >= 0.6 is 0 Å². The summed E-state index contributed by atoms with van der Waals surface area (Å²) in [4.78, 5) is 28.8. The predicted molar refractivity (Wildman–Crippen MR) is 135 cm³/mol. The molecule has 1 N–H and O–H groups in total. The van der Waals surface area contributed by atoms with Gasteiger partial charge >= 0.3 is 0 Å². The first-order valence-electron chi connectivity index (χ1n) is 11.7. The van der Waals surface area contributed by atoms with Crippen molar-refractivity contribution in [2.45, 2.75) is 51.7 Å². The van der Waals surface area contributed by atoms with Crippen molar-refractivity contribution in [3.8, 4) is 5.75 Å². The molecule has 0 aliphatic heterocycles. The lowest BCUT2D eigenvalue weighted by molar-refractivity contribution is -0.141. The van der Waals surface area contributed by atoms with Crippen LogP contribution in [0.25, 0.3) is 0 Å². The number of nitrogens with one attached hydrogen (secondary N) is 1. The van der Waals surface area contributed by atoms with Crippen LogP contribution in [0.3, 0.4) is 0 Å². The van der Waals surface area contributed by atoms with Crippen molar-refractivity contribution >= 4 is 11.8 Å². The molecule has 0 radical (unpaired) electrons. The second-order valence-corrected chi connectivity index (χ2v) is 9.62. The van der Waals surface area contributed by atoms with E-state index in [0.29, 0.717) is 12.2 Å². The van der Waals surface area contributed by atoms with Crippen LogP contribution in [0.4, 0.5) is 4.39 Å². The van der Waals surface area contributed by atoms with E-state index in [0.717, 1.165) is 16.7 Å². The molecule has 0 unspecified atom stereocenters. The molecule has 0 bridgehead atoms. The molecule has 6 heteroatoms. The van der Waals surface area contributed by atoms with Crippen molar-refractivity contribution in [3.05, 3.63) is 101 Å². The number of hydrogen-bond donors (Lipinski definition) is 1. The number of hydrogen-bond acceptors (Lipinski definition) is 3. The van der Waals surface area contributed by atoms with Gasteiger partial charge in [0, 0.05) is 18.5 Å². The van der Waals surface area contributed by atoms with Crippen LogP contribution in [0.1, 0.15) is 37.5 Å². The van der Waals surface area contributed by atoms with Gasteiger partial charge in [-0.3, -0.25) is 9.59 Å². The molecule has 3 aromatic rings. The van der Waals surface area contributed by atoms with Gasteiger partial charge in [0.1, 0.15) is 17.6 Å². The zero-order chi connectivity index (χ0) is 25.4. The second kappa shape index (κ2) is 11.6. The summed E-state index contributed by atoms with van der Waals surface area (Å²) in [5, 5.41) is 3.04. The van der Waals surface area contributed by atoms with Gasteiger partial charge in [-0.05, 0) is 61.7 Å².